The van der Waals surface area contributed by atoms with Gasteiger partial charge in [0.15, 0.2) is 4.80 Å². The topological polar surface area (TPSA) is 60.7 Å². The van der Waals surface area contributed by atoms with Crippen LogP contribution in [-0.4, -0.2) is 23.1 Å². The van der Waals surface area contributed by atoms with E-state index in [1.165, 1.54) is 11.3 Å². The van der Waals surface area contributed by atoms with E-state index < -0.39 is 0 Å². The largest absolute Gasteiger partial charge is 0.462 e. The van der Waals surface area contributed by atoms with Crippen LogP contribution >= 0.6 is 11.3 Å². The van der Waals surface area contributed by atoms with Crippen LogP contribution in [0.1, 0.15) is 30.6 Å². The van der Waals surface area contributed by atoms with Gasteiger partial charge in [-0.15, -0.1) is 6.58 Å². The smallest absolute Gasteiger partial charge is 0.338 e. The number of carbonyl (C=O) groups is 2. The van der Waals surface area contributed by atoms with Gasteiger partial charge in [-0.05, 0) is 25.1 Å². The van der Waals surface area contributed by atoms with E-state index in [2.05, 4.69) is 11.6 Å². The van der Waals surface area contributed by atoms with Crippen molar-refractivity contribution < 1.29 is 14.3 Å². The SMILES string of the molecule is C=CCn1c(=NC(=O)CC)sc2cc(C(=O)OCC)ccc21. The van der Waals surface area contributed by atoms with Gasteiger partial charge in [0, 0.05) is 13.0 Å². The Hall–Kier alpha value is -2.21. The molecule has 5 nitrogen and oxygen atoms in total. The number of hydrogen-bond acceptors (Lipinski definition) is 4. The summed E-state index contributed by atoms with van der Waals surface area (Å²) in [5, 5.41) is 0. The van der Waals surface area contributed by atoms with Crippen LogP contribution in [-0.2, 0) is 16.1 Å². The summed E-state index contributed by atoms with van der Waals surface area (Å²) in [4.78, 5) is 28.1. The minimum atomic E-state index is -0.351. The lowest BCUT2D eigenvalue weighted by Gasteiger charge is -2.03. The zero-order valence-corrected chi connectivity index (χ0v) is 13.5. The lowest BCUT2D eigenvalue weighted by Crippen LogP contribution is -2.15. The Labute approximate surface area is 132 Å². The van der Waals surface area contributed by atoms with E-state index in [-0.39, 0.29) is 11.9 Å². The molecule has 0 saturated carbocycles. The molecule has 0 spiro atoms. The van der Waals surface area contributed by atoms with Crippen molar-refractivity contribution in [2.45, 2.75) is 26.8 Å². The predicted octanol–water partition coefficient (Wildman–Crippen LogP) is 2.90. The molecule has 0 aliphatic carbocycles. The van der Waals surface area contributed by atoms with Gasteiger partial charge in [0.2, 0.25) is 5.91 Å². The maximum Gasteiger partial charge on any atom is 0.338 e. The van der Waals surface area contributed by atoms with Gasteiger partial charge in [-0.2, -0.15) is 4.99 Å². The summed E-state index contributed by atoms with van der Waals surface area (Å²) in [6.07, 6.45) is 2.11. The number of allylic oxidation sites excluding steroid dienone is 1. The van der Waals surface area contributed by atoms with E-state index >= 15 is 0 Å². The summed E-state index contributed by atoms with van der Waals surface area (Å²) in [5.74, 6) is -0.522. The van der Waals surface area contributed by atoms with Gasteiger partial charge >= 0.3 is 5.97 Å². The molecule has 1 aromatic heterocycles. The fraction of sp³-hybridized carbons (Fsp3) is 0.312. The molecule has 22 heavy (non-hydrogen) atoms. The fourth-order valence-corrected chi connectivity index (χ4v) is 3.09. The van der Waals surface area contributed by atoms with Gasteiger partial charge in [0.25, 0.3) is 0 Å². The van der Waals surface area contributed by atoms with Gasteiger partial charge in [-0.25, -0.2) is 4.79 Å². The number of fused-ring (bicyclic) bond motifs is 1. The molecule has 0 bridgehead atoms. The van der Waals surface area contributed by atoms with Crippen LogP contribution in [0.25, 0.3) is 10.2 Å². The molecule has 6 heteroatoms. The highest BCUT2D eigenvalue weighted by atomic mass is 32.1. The molecule has 0 radical (unpaired) electrons. The van der Waals surface area contributed by atoms with E-state index in [9.17, 15) is 9.59 Å². The number of esters is 1. The number of carbonyl (C=O) groups excluding carboxylic acids is 2. The molecule has 2 rings (SSSR count). The van der Waals surface area contributed by atoms with Gasteiger partial charge in [-0.3, -0.25) is 4.79 Å². The van der Waals surface area contributed by atoms with Crippen molar-refractivity contribution in [1.29, 1.82) is 0 Å². The molecule has 0 N–H and O–H groups in total. The lowest BCUT2D eigenvalue weighted by atomic mass is 10.2. The Balaban J connectivity index is 2.59. The Kier molecular flexibility index (Phi) is 5.27. The second kappa shape index (κ2) is 7.17. The third kappa shape index (κ3) is 3.33. The highest BCUT2D eigenvalue weighted by Crippen LogP contribution is 2.20. The third-order valence-electron chi connectivity index (χ3n) is 3.03. The molecule has 0 saturated heterocycles. The van der Waals surface area contributed by atoms with Crippen LogP contribution in [0.5, 0.6) is 0 Å². The number of rotatable bonds is 5. The van der Waals surface area contributed by atoms with E-state index in [0.717, 1.165) is 10.2 Å². The van der Waals surface area contributed by atoms with Crippen molar-refractivity contribution >= 4 is 33.4 Å². The number of amides is 1. The van der Waals surface area contributed by atoms with E-state index in [0.29, 0.717) is 29.9 Å². The van der Waals surface area contributed by atoms with Crippen molar-refractivity contribution in [3.8, 4) is 0 Å². The second-order valence-electron chi connectivity index (χ2n) is 4.55. The summed E-state index contributed by atoms with van der Waals surface area (Å²) in [7, 11) is 0. The van der Waals surface area contributed by atoms with Gasteiger partial charge in [-0.1, -0.05) is 24.3 Å². The zero-order valence-electron chi connectivity index (χ0n) is 12.7. The molecule has 1 amide bonds. The average Bonchev–Trinajstić information content (AvgIpc) is 2.84. The Morgan fingerprint density at radius 3 is 2.82 bits per heavy atom. The summed E-state index contributed by atoms with van der Waals surface area (Å²) in [6.45, 7) is 8.17. The van der Waals surface area contributed by atoms with Crippen molar-refractivity contribution in [1.82, 2.24) is 4.57 Å². The highest BCUT2D eigenvalue weighted by Gasteiger charge is 2.11. The van der Waals surface area contributed by atoms with Crippen LogP contribution in [0.15, 0.2) is 35.8 Å². The van der Waals surface area contributed by atoms with Crippen molar-refractivity contribution in [2.24, 2.45) is 4.99 Å². The van der Waals surface area contributed by atoms with Gasteiger partial charge < -0.3 is 9.30 Å². The summed E-state index contributed by atoms with van der Waals surface area (Å²) in [5.41, 5.74) is 1.41. The highest BCUT2D eigenvalue weighted by molar-refractivity contribution is 7.16. The number of benzene rings is 1. The quantitative estimate of drug-likeness (QED) is 0.629. The monoisotopic (exact) mass is 318 g/mol. The molecule has 2 aromatic rings. The normalized spacial score (nSPS) is 11.6. The Morgan fingerprint density at radius 2 is 2.18 bits per heavy atom. The number of nitrogens with zero attached hydrogens (tertiary/aromatic N) is 2. The standard InChI is InChI=1S/C16H18N2O3S/c1-4-9-18-12-8-7-11(15(20)21-6-3)10-13(12)22-16(18)17-14(19)5-2/h4,7-8,10H,1,5-6,9H2,2-3H3. The van der Waals surface area contributed by atoms with E-state index in [4.69, 9.17) is 4.74 Å². The van der Waals surface area contributed by atoms with E-state index in [1.807, 2.05) is 10.6 Å². The summed E-state index contributed by atoms with van der Waals surface area (Å²) >= 11 is 1.38. The molecule has 1 heterocycles. The average molecular weight is 318 g/mol. The molecule has 0 aliphatic heterocycles. The molecular weight excluding hydrogens is 300 g/mol. The maximum atomic E-state index is 11.8. The van der Waals surface area contributed by atoms with Crippen LogP contribution < -0.4 is 4.80 Å². The van der Waals surface area contributed by atoms with Gasteiger partial charge in [0.05, 0.1) is 22.4 Å². The minimum Gasteiger partial charge on any atom is -0.462 e. The lowest BCUT2D eigenvalue weighted by molar-refractivity contribution is -0.117. The summed E-state index contributed by atoms with van der Waals surface area (Å²) < 4.78 is 7.81. The molecular formula is C16H18N2O3S. The Morgan fingerprint density at radius 1 is 1.41 bits per heavy atom. The maximum absolute atomic E-state index is 11.8. The van der Waals surface area contributed by atoms with E-state index in [1.54, 1.807) is 32.1 Å². The van der Waals surface area contributed by atoms with Crippen molar-refractivity contribution in [3.05, 3.63) is 41.2 Å². The number of thiazole rings is 1. The van der Waals surface area contributed by atoms with Crippen LogP contribution in [0.2, 0.25) is 0 Å². The minimum absolute atomic E-state index is 0.171. The van der Waals surface area contributed by atoms with Crippen LogP contribution in [0, 0.1) is 0 Å². The first-order valence-corrected chi connectivity index (χ1v) is 7.91. The van der Waals surface area contributed by atoms with Crippen molar-refractivity contribution in [3.63, 3.8) is 0 Å². The third-order valence-corrected chi connectivity index (χ3v) is 4.07. The number of aromatic nitrogens is 1. The van der Waals surface area contributed by atoms with Crippen LogP contribution in [0.3, 0.4) is 0 Å². The molecule has 0 atom stereocenters. The predicted molar refractivity (Wildman–Crippen MR) is 86.8 cm³/mol. The fourth-order valence-electron chi connectivity index (χ4n) is 1.99. The first-order valence-electron chi connectivity index (χ1n) is 7.09. The molecule has 116 valence electrons. The Bertz CT molecular complexity index is 786. The number of ether oxygens (including phenoxy) is 1. The second-order valence-corrected chi connectivity index (χ2v) is 5.56. The van der Waals surface area contributed by atoms with Crippen molar-refractivity contribution in [2.75, 3.05) is 6.61 Å². The molecule has 1 aromatic carbocycles. The first kappa shape index (κ1) is 16.2. The first-order chi connectivity index (χ1) is 10.6. The zero-order chi connectivity index (χ0) is 16.1. The molecule has 0 aliphatic rings. The van der Waals surface area contributed by atoms with Crippen LogP contribution in [0.4, 0.5) is 0 Å². The van der Waals surface area contributed by atoms with Gasteiger partial charge in [0.1, 0.15) is 0 Å². The molecule has 0 fully saturated rings. The molecule has 0 unspecified atom stereocenters. The summed E-state index contributed by atoms with van der Waals surface area (Å²) in [6, 6.07) is 5.34. The number of hydrogen-bond donors (Lipinski definition) is 0.